The molecule has 0 saturated carbocycles. The first-order valence-corrected chi connectivity index (χ1v) is 11.7. The highest BCUT2D eigenvalue weighted by Gasteiger charge is 2.31. The maximum Gasteiger partial charge on any atom is 0.348 e. The number of sulfonamides is 1. The van der Waals surface area contributed by atoms with Crippen LogP contribution in [-0.4, -0.2) is 40.8 Å². The molecule has 1 aliphatic rings. The number of carbonyl (C=O) groups is 1. The summed E-state index contributed by atoms with van der Waals surface area (Å²) >= 11 is 0. The van der Waals surface area contributed by atoms with Gasteiger partial charge >= 0.3 is 5.69 Å². The van der Waals surface area contributed by atoms with E-state index in [-0.39, 0.29) is 23.4 Å². The summed E-state index contributed by atoms with van der Waals surface area (Å²) in [5.41, 5.74) is 0.502. The van der Waals surface area contributed by atoms with Gasteiger partial charge in [0, 0.05) is 29.9 Å². The van der Waals surface area contributed by atoms with Crippen molar-refractivity contribution in [1.29, 1.82) is 0 Å². The normalized spacial score (nSPS) is 17.5. The largest absolute Gasteiger partial charge is 0.348 e. The molecule has 9 heteroatoms. The van der Waals surface area contributed by atoms with Crippen LogP contribution >= 0.6 is 0 Å². The highest BCUT2D eigenvalue weighted by molar-refractivity contribution is 7.89. The second kappa shape index (κ2) is 8.60. The Bertz CT molecular complexity index is 1270. The molecule has 0 unspecified atom stereocenters. The topological polar surface area (TPSA) is 101 Å². The molecule has 0 spiro atoms. The van der Waals surface area contributed by atoms with Gasteiger partial charge in [-0.15, -0.1) is 0 Å². The predicted octanol–water partition coefficient (Wildman–Crippen LogP) is 2.60. The minimum absolute atomic E-state index is 0.0526. The molecule has 4 rings (SSSR count). The fraction of sp³-hybridized carbons (Fsp3) is 0.318. The van der Waals surface area contributed by atoms with Crippen molar-refractivity contribution in [2.24, 2.45) is 0 Å². The quantitative estimate of drug-likeness (QED) is 0.657. The van der Waals surface area contributed by atoms with Crippen LogP contribution in [0.4, 0.5) is 5.69 Å². The van der Waals surface area contributed by atoms with Crippen LogP contribution in [0.1, 0.15) is 26.2 Å². The van der Waals surface area contributed by atoms with Crippen molar-refractivity contribution in [2.45, 2.75) is 43.7 Å². The van der Waals surface area contributed by atoms with Crippen molar-refractivity contribution in [3.63, 3.8) is 0 Å². The fourth-order valence-electron chi connectivity index (χ4n) is 3.92. The first-order chi connectivity index (χ1) is 14.9. The van der Waals surface area contributed by atoms with Gasteiger partial charge in [0.05, 0.1) is 10.4 Å². The third kappa shape index (κ3) is 4.38. The molecule has 162 valence electrons. The van der Waals surface area contributed by atoms with E-state index in [1.165, 1.54) is 27.2 Å². The van der Waals surface area contributed by atoms with Crippen LogP contribution in [0.15, 0.2) is 64.4 Å². The van der Waals surface area contributed by atoms with Crippen molar-refractivity contribution in [3.05, 3.63) is 65.2 Å². The molecule has 1 aromatic heterocycles. The van der Waals surface area contributed by atoms with Gasteiger partial charge in [0.1, 0.15) is 6.54 Å². The van der Waals surface area contributed by atoms with Crippen molar-refractivity contribution < 1.29 is 13.2 Å². The number of para-hydroxylation sites is 1. The third-order valence-electron chi connectivity index (χ3n) is 5.54. The molecular formula is C22H24N4O4S. The van der Waals surface area contributed by atoms with E-state index in [0.717, 1.165) is 19.3 Å². The van der Waals surface area contributed by atoms with Crippen LogP contribution in [0.5, 0.6) is 0 Å². The number of amides is 1. The molecule has 1 aliphatic heterocycles. The van der Waals surface area contributed by atoms with E-state index in [2.05, 4.69) is 10.3 Å². The van der Waals surface area contributed by atoms with Gasteiger partial charge in [-0.3, -0.25) is 9.36 Å². The van der Waals surface area contributed by atoms with Crippen molar-refractivity contribution in [2.75, 3.05) is 11.9 Å². The Hall–Kier alpha value is -3.04. The van der Waals surface area contributed by atoms with E-state index in [1.807, 2.05) is 13.0 Å². The van der Waals surface area contributed by atoms with Gasteiger partial charge in [-0.05, 0) is 50.1 Å². The molecule has 0 radical (unpaired) electrons. The van der Waals surface area contributed by atoms with E-state index >= 15 is 0 Å². The van der Waals surface area contributed by atoms with Gasteiger partial charge in [-0.2, -0.15) is 4.31 Å². The fourth-order valence-corrected chi connectivity index (χ4v) is 5.66. The standard InChI is InChI=1S/C22H24N4O4S/c1-16-7-5-6-12-26(16)31(29,30)19-10-11-20-17(13-19)14-23-22(28)25(20)15-21(27)24-18-8-3-2-4-9-18/h2-4,8-11,13-14,16H,5-7,12,15H2,1H3,(H,24,27)/t16-/m0/s1. The first-order valence-electron chi connectivity index (χ1n) is 10.2. The number of rotatable bonds is 5. The molecule has 2 heterocycles. The zero-order valence-electron chi connectivity index (χ0n) is 17.2. The molecule has 1 fully saturated rings. The van der Waals surface area contributed by atoms with Crippen LogP contribution < -0.4 is 11.0 Å². The predicted molar refractivity (Wildman–Crippen MR) is 118 cm³/mol. The van der Waals surface area contributed by atoms with Crippen LogP contribution in [-0.2, 0) is 21.4 Å². The van der Waals surface area contributed by atoms with Gasteiger partial charge in [-0.25, -0.2) is 18.2 Å². The minimum Gasteiger partial charge on any atom is -0.325 e. The molecule has 1 N–H and O–H groups in total. The van der Waals surface area contributed by atoms with E-state index in [4.69, 9.17) is 0 Å². The average molecular weight is 441 g/mol. The number of carbonyl (C=O) groups excluding carboxylic acids is 1. The third-order valence-corrected chi connectivity index (χ3v) is 7.55. The van der Waals surface area contributed by atoms with Crippen LogP contribution in [0.25, 0.3) is 10.9 Å². The average Bonchev–Trinajstić information content (AvgIpc) is 2.76. The summed E-state index contributed by atoms with van der Waals surface area (Å²) in [6.45, 7) is 2.19. The molecule has 1 atom stereocenters. The maximum absolute atomic E-state index is 13.1. The molecule has 3 aromatic rings. The summed E-state index contributed by atoms with van der Waals surface area (Å²) in [7, 11) is -3.65. The Kier molecular flexibility index (Phi) is 5.88. The van der Waals surface area contributed by atoms with Crippen molar-refractivity contribution in [1.82, 2.24) is 13.9 Å². The summed E-state index contributed by atoms with van der Waals surface area (Å²) in [5, 5.41) is 3.22. The highest BCUT2D eigenvalue weighted by Crippen LogP contribution is 2.27. The summed E-state index contributed by atoms with van der Waals surface area (Å²) in [6.07, 6.45) is 4.05. The molecule has 31 heavy (non-hydrogen) atoms. The van der Waals surface area contributed by atoms with E-state index in [0.29, 0.717) is 23.1 Å². The zero-order chi connectivity index (χ0) is 22.0. The lowest BCUT2D eigenvalue weighted by Crippen LogP contribution is -2.41. The van der Waals surface area contributed by atoms with Gasteiger partial charge < -0.3 is 5.32 Å². The Morgan fingerprint density at radius 1 is 1.16 bits per heavy atom. The Morgan fingerprint density at radius 2 is 1.94 bits per heavy atom. The lowest BCUT2D eigenvalue weighted by molar-refractivity contribution is -0.116. The summed E-state index contributed by atoms with van der Waals surface area (Å²) < 4.78 is 29.1. The summed E-state index contributed by atoms with van der Waals surface area (Å²) in [5.74, 6) is -0.374. The Balaban J connectivity index is 1.65. The number of piperidine rings is 1. The number of hydrogen-bond donors (Lipinski definition) is 1. The molecule has 1 amide bonds. The van der Waals surface area contributed by atoms with Gasteiger partial charge in [0.15, 0.2) is 0 Å². The summed E-state index contributed by atoms with van der Waals surface area (Å²) in [4.78, 5) is 28.8. The number of benzene rings is 2. The Morgan fingerprint density at radius 3 is 2.68 bits per heavy atom. The summed E-state index contributed by atoms with van der Waals surface area (Å²) in [6, 6.07) is 13.5. The SMILES string of the molecule is C[C@H]1CCCCN1S(=O)(=O)c1ccc2c(cnc(=O)n2CC(=O)Nc2ccccc2)c1. The van der Waals surface area contributed by atoms with E-state index < -0.39 is 15.7 Å². The molecule has 2 aromatic carbocycles. The second-order valence-electron chi connectivity index (χ2n) is 7.72. The van der Waals surface area contributed by atoms with Crippen molar-refractivity contribution >= 4 is 32.5 Å². The molecule has 0 bridgehead atoms. The van der Waals surface area contributed by atoms with Gasteiger partial charge in [0.25, 0.3) is 0 Å². The van der Waals surface area contributed by atoms with E-state index in [1.54, 1.807) is 30.3 Å². The number of nitrogens with zero attached hydrogens (tertiary/aromatic N) is 3. The highest BCUT2D eigenvalue weighted by atomic mass is 32.2. The zero-order valence-corrected chi connectivity index (χ0v) is 18.0. The molecular weight excluding hydrogens is 416 g/mol. The van der Waals surface area contributed by atoms with Gasteiger partial charge in [0.2, 0.25) is 15.9 Å². The Labute approximate surface area is 180 Å². The number of nitrogens with one attached hydrogen (secondary N) is 1. The molecule has 0 aliphatic carbocycles. The minimum atomic E-state index is -3.65. The number of hydrogen-bond acceptors (Lipinski definition) is 5. The number of anilines is 1. The molecule has 8 nitrogen and oxygen atoms in total. The van der Waals surface area contributed by atoms with Crippen LogP contribution in [0, 0.1) is 0 Å². The number of fused-ring (bicyclic) bond motifs is 1. The van der Waals surface area contributed by atoms with E-state index in [9.17, 15) is 18.0 Å². The first kappa shape index (κ1) is 21.2. The van der Waals surface area contributed by atoms with Gasteiger partial charge in [-0.1, -0.05) is 24.6 Å². The lowest BCUT2D eigenvalue weighted by Gasteiger charge is -2.32. The molecule has 1 saturated heterocycles. The second-order valence-corrected chi connectivity index (χ2v) is 9.61. The number of aromatic nitrogens is 2. The lowest BCUT2D eigenvalue weighted by atomic mass is 10.1. The smallest absolute Gasteiger partial charge is 0.325 e. The van der Waals surface area contributed by atoms with Crippen molar-refractivity contribution in [3.8, 4) is 0 Å². The monoisotopic (exact) mass is 440 g/mol. The van der Waals surface area contributed by atoms with Crippen LogP contribution in [0.2, 0.25) is 0 Å². The maximum atomic E-state index is 13.1. The van der Waals surface area contributed by atoms with Crippen LogP contribution in [0.3, 0.4) is 0 Å².